The van der Waals surface area contributed by atoms with Crippen molar-refractivity contribution in [1.29, 1.82) is 0 Å². The molecule has 25 heavy (non-hydrogen) atoms. The van der Waals surface area contributed by atoms with Crippen LogP contribution in [0.5, 0.6) is 0 Å². The van der Waals surface area contributed by atoms with E-state index < -0.39 is 0 Å². The van der Waals surface area contributed by atoms with Crippen molar-refractivity contribution in [1.82, 2.24) is 9.97 Å². The molecule has 6 heteroatoms. The Morgan fingerprint density at radius 2 is 1.80 bits per heavy atom. The van der Waals surface area contributed by atoms with Crippen LogP contribution in [0.3, 0.4) is 0 Å². The number of hydrogen-bond acceptors (Lipinski definition) is 4. The summed E-state index contributed by atoms with van der Waals surface area (Å²) in [6.45, 7) is 2.01. The summed E-state index contributed by atoms with van der Waals surface area (Å²) >= 11 is 6.27. The summed E-state index contributed by atoms with van der Waals surface area (Å²) < 4.78 is 14.0. The van der Waals surface area contributed by atoms with E-state index in [1.807, 2.05) is 43.1 Å². The Bertz CT molecular complexity index is 999. The van der Waals surface area contributed by atoms with Gasteiger partial charge in [-0.1, -0.05) is 41.4 Å². The Balaban J connectivity index is 2.06. The minimum absolute atomic E-state index is 0.259. The standard InChI is InChI=1S/C19H14ClFN4/c1-11-3-5-12(6-4-11)16-14-9-13(21)7-8-15(14)25(2)19-17(24-16)18(20)22-10-23-19/h3-10H,1-2H3. The zero-order valence-electron chi connectivity index (χ0n) is 13.7. The lowest BCUT2D eigenvalue weighted by Crippen LogP contribution is -2.14. The van der Waals surface area contributed by atoms with Crippen LogP contribution in [0.4, 0.5) is 21.6 Å². The third kappa shape index (κ3) is 2.66. The Morgan fingerprint density at radius 1 is 1.04 bits per heavy atom. The fourth-order valence-electron chi connectivity index (χ4n) is 2.90. The second-order valence-corrected chi connectivity index (χ2v) is 6.24. The highest BCUT2D eigenvalue weighted by atomic mass is 35.5. The van der Waals surface area contributed by atoms with Gasteiger partial charge in [-0.05, 0) is 25.1 Å². The molecule has 1 aliphatic heterocycles. The van der Waals surface area contributed by atoms with Gasteiger partial charge in [0.05, 0.1) is 11.4 Å². The highest BCUT2D eigenvalue weighted by molar-refractivity contribution is 6.33. The van der Waals surface area contributed by atoms with Crippen LogP contribution in [0.1, 0.15) is 16.7 Å². The van der Waals surface area contributed by atoms with Crippen molar-refractivity contribution in [2.24, 2.45) is 4.99 Å². The van der Waals surface area contributed by atoms with Gasteiger partial charge in [0, 0.05) is 18.2 Å². The lowest BCUT2D eigenvalue weighted by Gasteiger charge is -2.20. The summed E-state index contributed by atoms with van der Waals surface area (Å²) in [6.07, 6.45) is 1.40. The van der Waals surface area contributed by atoms with Gasteiger partial charge in [-0.15, -0.1) is 0 Å². The average Bonchev–Trinajstić information content (AvgIpc) is 2.72. The SMILES string of the molecule is Cc1ccc(C2=Nc3c(Cl)ncnc3N(C)c3ccc(F)cc32)cc1. The van der Waals surface area contributed by atoms with Gasteiger partial charge in [-0.2, -0.15) is 0 Å². The van der Waals surface area contributed by atoms with E-state index in [1.54, 1.807) is 6.07 Å². The maximum atomic E-state index is 14.0. The molecule has 2 heterocycles. The maximum absolute atomic E-state index is 14.0. The number of benzene rings is 2. The van der Waals surface area contributed by atoms with Crippen molar-refractivity contribution in [3.63, 3.8) is 0 Å². The van der Waals surface area contributed by atoms with Crippen molar-refractivity contribution >= 4 is 34.5 Å². The smallest absolute Gasteiger partial charge is 0.163 e. The van der Waals surface area contributed by atoms with E-state index >= 15 is 0 Å². The molecule has 0 unspecified atom stereocenters. The van der Waals surface area contributed by atoms with Gasteiger partial charge in [0.2, 0.25) is 0 Å². The predicted molar refractivity (Wildman–Crippen MR) is 98.0 cm³/mol. The minimum atomic E-state index is -0.324. The van der Waals surface area contributed by atoms with E-state index in [4.69, 9.17) is 16.6 Å². The summed E-state index contributed by atoms with van der Waals surface area (Å²) in [7, 11) is 1.85. The minimum Gasteiger partial charge on any atom is -0.327 e. The van der Waals surface area contributed by atoms with Crippen LogP contribution >= 0.6 is 11.6 Å². The number of fused-ring (bicyclic) bond motifs is 2. The molecule has 1 aliphatic rings. The molecule has 0 spiro atoms. The van der Waals surface area contributed by atoms with Gasteiger partial charge in [0.1, 0.15) is 17.8 Å². The van der Waals surface area contributed by atoms with Crippen molar-refractivity contribution in [3.8, 4) is 0 Å². The fraction of sp³-hybridized carbons (Fsp3) is 0.105. The molecule has 0 fully saturated rings. The summed E-state index contributed by atoms with van der Waals surface area (Å²) in [5.41, 5.74) is 4.60. The van der Waals surface area contributed by atoms with Gasteiger partial charge >= 0.3 is 0 Å². The highest BCUT2D eigenvalue weighted by Crippen LogP contribution is 2.41. The second kappa shape index (κ2) is 5.93. The molecule has 0 radical (unpaired) electrons. The first-order chi connectivity index (χ1) is 12.0. The van der Waals surface area contributed by atoms with E-state index in [-0.39, 0.29) is 11.0 Å². The molecule has 1 aromatic heterocycles. The molecule has 4 rings (SSSR count). The Morgan fingerprint density at radius 3 is 2.56 bits per heavy atom. The number of aromatic nitrogens is 2. The molecule has 0 amide bonds. The molecule has 0 aliphatic carbocycles. The van der Waals surface area contributed by atoms with Gasteiger partial charge < -0.3 is 4.90 Å². The normalized spacial score (nSPS) is 13.0. The number of hydrogen-bond donors (Lipinski definition) is 0. The highest BCUT2D eigenvalue weighted by Gasteiger charge is 2.25. The number of aryl methyl sites for hydroxylation is 1. The maximum Gasteiger partial charge on any atom is 0.163 e. The lowest BCUT2D eigenvalue weighted by molar-refractivity contribution is 0.627. The van der Waals surface area contributed by atoms with Crippen LogP contribution in [0.25, 0.3) is 0 Å². The molecule has 0 atom stereocenters. The van der Waals surface area contributed by atoms with Gasteiger partial charge in [-0.25, -0.2) is 19.4 Å². The average molecular weight is 353 g/mol. The van der Waals surface area contributed by atoms with Gasteiger partial charge in [-0.3, -0.25) is 0 Å². The fourth-order valence-corrected chi connectivity index (χ4v) is 3.07. The predicted octanol–water partition coefficient (Wildman–Crippen LogP) is 4.83. The zero-order chi connectivity index (χ0) is 17.6. The first-order valence-corrected chi connectivity index (χ1v) is 8.12. The molecule has 0 N–H and O–H groups in total. The molecular weight excluding hydrogens is 339 g/mol. The van der Waals surface area contributed by atoms with Crippen molar-refractivity contribution in [2.45, 2.75) is 6.92 Å². The monoisotopic (exact) mass is 352 g/mol. The third-order valence-electron chi connectivity index (χ3n) is 4.20. The van der Waals surface area contributed by atoms with E-state index in [1.165, 1.54) is 18.5 Å². The third-order valence-corrected chi connectivity index (χ3v) is 4.48. The van der Waals surface area contributed by atoms with Crippen molar-refractivity contribution in [3.05, 3.63) is 76.5 Å². The molecule has 2 aromatic carbocycles. The topological polar surface area (TPSA) is 41.4 Å². The Hall–Kier alpha value is -2.79. The Kier molecular flexibility index (Phi) is 3.73. The lowest BCUT2D eigenvalue weighted by atomic mass is 9.99. The summed E-state index contributed by atoms with van der Waals surface area (Å²) in [5, 5.41) is 0.259. The van der Waals surface area contributed by atoms with Crippen LogP contribution in [0.15, 0.2) is 53.8 Å². The molecule has 0 saturated heterocycles. The molecule has 3 aromatic rings. The molecular formula is C19H14ClFN4. The van der Waals surface area contributed by atoms with E-state index in [9.17, 15) is 4.39 Å². The summed E-state index contributed by atoms with van der Waals surface area (Å²) in [6, 6.07) is 12.6. The van der Waals surface area contributed by atoms with Crippen molar-refractivity contribution in [2.75, 3.05) is 11.9 Å². The number of halogens is 2. The quantitative estimate of drug-likeness (QED) is 0.589. The van der Waals surface area contributed by atoms with Crippen LogP contribution in [-0.4, -0.2) is 22.7 Å². The summed E-state index contributed by atoms with van der Waals surface area (Å²) in [5.74, 6) is 0.255. The number of anilines is 2. The van der Waals surface area contributed by atoms with Crippen molar-refractivity contribution < 1.29 is 4.39 Å². The number of aliphatic imine (C=N–C) groups is 1. The number of rotatable bonds is 1. The van der Waals surface area contributed by atoms with Crippen LogP contribution in [0.2, 0.25) is 5.15 Å². The van der Waals surface area contributed by atoms with Gasteiger partial charge in [0.25, 0.3) is 0 Å². The van der Waals surface area contributed by atoms with Crippen LogP contribution < -0.4 is 4.90 Å². The zero-order valence-corrected chi connectivity index (χ0v) is 14.4. The first-order valence-electron chi connectivity index (χ1n) is 7.74. The summed E-state index contributed by atoms with van der Waals surface area (Å²) in [4.78, 5) is 14.9. The second-order valence-electron chi connectivity index (χ2n) is 5.88. The molecule has 4 nitrogen and oxygen atoms in total. The van der Waals surface area contributed by atoms with E-state index in [2.05, 4.69) is 9.97 Å². The largest absolute Gasteiger partial charge is 0.327 e. The number of nitrogens with zero attached hydrogens (tertiary/aromatic N) is 4. The molecule has 124 valence electrons. The van der Waals surface area contributed by atoms with Crippen LogP contribution in [-0.2, 0) is 0 Å². The van der Waals surface area contributed by atoms with Crippen LogP contribution in [0, 0.1) is 12.7 Å². The first kappa shape index (κ1) is 15.7. The Labute approximate surface area is 149 Å². The molecule has 0 saturated carbocycles. The van der Waals surface area contributed by atoms with Gasteiger partial charge in [0.15, 0.2) is 11.0 Å². The molecule has 0 bridgehead atoms. The van der Waals surface area contributed by atoms with E-state index in [0.29, 0.717) is 22.8 Å². The van der Waals surface area contributed by atoms with E-state index in [0.717, 1.165) is 16.8 Å².